The summed E-state index contributed by atoms with van der Waals surface area (Å²) in [4.78, 5) is 21.0. The van der Waals surface area contributed by atoms with Crippen LogP contribution < -0.4 is 14.8 Å². The van der Waals surface area contributed by atoms with E-state index in [1.165, 1.54) is 17.7 Å². The van der Waals surface area contributed by atoms with Crippen LogP contribution in [0, 0.1) is 0 Å². The maximum atomic E-state index is 12.6. The van der Waals surface area contributed by atoms with Crippen LogP contribution in [-0.4, -0.2) is 39.9 Å². The van der Waals surface area contributed by atoms with Gasteiger partial charge in [0, 0.05) is 16.5 Å². The molecule has 0 spiro atoms. The van der Waals surface area contributed by atoms with Gasteiger partial charge in [-0.05, 0) is 35.9 Å². The first-order chi connectivity index (χ1) is 14.7. The summed E-state index contributed by atoms with van der Waals surface area (Å²) in [5.74, 6) is 1.06. The summed E-state index contributed by atoms with van der Waals surface area (Å²) in [6, 6.07) is 12.9. The third-order valence-corrected chi connectivity index (χ3v) is 5.19. The molecule has 0 radical (unpaired) electrons. The minimum absolute atomic E-state index is 0.212. The number of nitrogens with one attached hydrogen (secondary N) is 1. The van der Waals surface area contributed by atoms with Gasteiger partial charge in [-0.1, -0.05) is 12.1 Å². The Morgan fingerprint density at radius 3 is 2.60 bits per heavy atom. The molecule has 0 saturated heterocycles. The van der Waals surface area contributed by atoms with E-state index in [2.05, 4.69) is 20.4 Å². The van der Waals surface area contributed by atoms with Crippen LogP contribution in [0.5, 0.6) is 11.5 Å². The van der Waals surface area contributed by atoms with E-state index < -0.39 is 0 Å². The van der Waals surface area contributed by atoms with Crippen molar-refractivity contribution in [1.29, 1.82) is 0 Å². The van der Waals surface area contributed by atoms with Crippen molar-refractivity contribution in [2.75, 3.05) is 19.5 Å². The number of hydrogen-bond donors (Lipinski definition) is 1. The molecule has 0 bridgehead atoms. The molecule has 0 unspecified atom stereocenters. The average Bonchev–Trinajstić information content (AvgIpc) is 3.46. The van der Waals surface area contributed by atoms with E-state index in [1.807, 2.05) is 35.7 Å². The molecule has 0 aliphatic rings. The molecule has 30 heavy (non-hydrogen) atoms. The molecular formula is C21H19N5O3S. The summed E-state index contributed by atoms with van der Waals surface area (Å²) in [6.07, 6.45) is 3.14. The number of thiazole rings is 1. The zero-order valence-electron chi connectivity index (χ0n) is 16.4. The van der Waals surface area contributed by atoms with Crippen molar-refractivity contribution < 1.29 is 14.3 Å². The van der Waals surface area contributed by atoms with Crippen molar-refractivity contribution in [2.24, 2.45) is 0 Å². The van der Waals surface area contributed by atoms with Gasteiger partial charge < -0.3 is 9.47 Å². The molecule has 0 aliphatic carbocycles. The van der Waals surface area contributed by atoms with Gasteiger partial charge >= 0.3 is 0 Å². The number of ether oxygens (including phenoxy) is 2. The van der Waals surface area contributed by atoms with Gasteiger partial charge in [-0.25, -0.2) is 14.6 Å². The number of rotatable bonds is 7. The van der Waals surface area contributed by atoms with Crippen molar-refractivity contribution in [1.82, 2.24) is 19.7 Å². The molecule has 152 valence electrons. The average molecular weight is 421 g/mol. The minimum Gasteiger partial charge on any atom is -0.493 e. The molecule has 0 aliphatic heterocycles. The van der Waals surface area contributed by atoms with Crippen molar-refractivity contribution in [3.05, 3.63) is 71.6 Å². The van der Waals surface area contributed by atoms with Crippen LogP contribution in [0.4, 0.5) is 5.13 Å². The van der Waals surface area contributed by atoms with E-state index in [9.17, 15) is 4.79 Å². The fraction of sp³-hybridized carbons (Fsp3) is 0.143. The van der Waals surface area contributed by atoms with Gasteiger partial charge in [-0.3, -0.25) is 10.1 Å². The Morgan fingerprint density at radius 2 is 1.90 bits per heavy atom. The SMILES string of the molecule is COc1ccc(-c2csc(NC(=O)c3ccc(Cn4cncn4)cc3)n2)cc1OC. The van der Waals surface area contributed by atoms with Crippen molar-refractivity contribution in [3.8, 4) is 22.8 Å². The largest absolute Gasteiger partial charge is 0.493 e. The number of methoxy groups -OCH3 is 2. The number of carbonyl (C=O) groups is 1. The number of amides is 1. The summed E-state index contributed by atoms with van der Waals surface area (Å²) in [7, 11) is 3.18. The fourth-order valence-electron chi connectivity index (χ4n) is 2.89. The molecule has 1 amide bonds. The second-order valence-electron chi connectivity index (χ2n) is 6.35. The summed E-state index contributed by atoms with van der Waals surface area (Å²) >= 11 is 1.36. The number of aromatic nitrogens is 4. The summed E-state index contributed by atoms with van der Waals surface area (Å²) < 4.78 is 12.3. The highest BCUT2D eigenvalue weighted by Gasteiger charge is 2.12. The Morgan fingerprint density at radius 1 is 1.10 bits per heavy atom. The number of benzene rings is 2. The Balaban J connectivity index is 1.44. The van der Waals surface area contributed by atoms with Crippen LogP contribution in [0.1, 0.15) is 15.9 Å². The number of anilines is 1. The summed E-state index contributed by atoms with van der Waals surface area (Å²) in [5, 5.41) is 9.34. The lowest BCUT2D eigenvalue weighted by atomic mass is 10.1. The van der Waals surface area contributed by atoms with Crippen LogP contribution in [-0.2, 0) is 6.54 Å². The van der Waals surface area contributed by atoms with E-state index in [0.717, 1.165) is 16.8 Å². The molecule has 2 aromatic carbocycles. The lowest BCUT2D eigenvalue weighted by molar-refractivity contribution is 0.102. The smallest absolute Gasteiger partial charge is 0.257 e. The molecule has 0 fully saturated rings. The standard InChI is InChI=1S/C21H19N5O3S/c1-28-18-8-7-16(9-19(18)29-2)17-11-30-21(24-17)25-20(27)15-5-3-14(4-6-15)10-26-13-22-12-23-26/h3-9,11-13H,10H2,1-2H3,(H,24,25,27). The zero-order chi connectivity index (χ0) is 20.9. The van der Waals surface area contributed by atoms with Gasteiger partial charge in [-0.2, -0.15) is 5.10 Å². The Bertz CT molecular complexity index is 1140. The molecule has 4 aromatic rings. The Kier molecular flexibility index (Phi) is 5.71. The van der Waals surface area contributed by atoms with E-state index in [4.69, 9.17) is 9.47 Å². The van der Waals surface area contributed by atoms with Crippen LogP contribution >= 0.6 is 11.3 Å². The number of carbonyl (C=O) groups excluding carboxylic acids is 1. The maximum Gasteiger partial charge on any atom is 0.257 e. The highest BCUT2D eigenvalue weighted by molar-refractivity contribution is 7.14. The van der Waals surface area contributed by atoms with Gasteiger partial charge in [-0.15, -0.1) is 11.3 Å². The van der Waals surface area contributed by atoms with E-state index >= 15 is 0 Å². The first-order valence-electron chi connectivity index (χ1n) is 9.07. The van der Waals surface area contributed by atoms with Crippen molar-refractivity contribution in [2.45, 2.75) is 6.54 Å². The van der Waals surface area contributed by atoms with Crippen LogP contribution in [0.25, 0.3) is 11.3 Å². The van der Waals surface area contributed by atoms with Gasteiger partial charge in [0.05, 0.1) is 26.5 Å². The van der Waals surface area contributed by atoms with Crippen molar-refractivity contribution in [3.63, 3.8) is 0 Å². The number of nitrogens with zero attached hydrogens (tertiary/aromatic N) is 4. The van der Waals surface area contributed by atoms with Crippen LogP contribution in [0.15, 0.2) is 60.5 Å². The van der Waals surface area contributed by atoms with Gasteiger partial charge in [0.25, 0.3) is 5.91 Å². The predicted molar refractivity (Wildman–Crippen MR) is 114 cm³/mol. The second kappa shape index (κ2) is 8.75. The summed E-state index contributed by atoms with van der Waals surface area (Å²) in [6.45, 7) is 0.600. The van der Waals surface area contributed by atoms with E-state index in [-0.39, 0.29) is 5.91 Å². The molecule has 2 aromatic heterocycles. The highest BCUT2D eigenvalue weighted by Crippen LogP contribution is 2.33. The van der Waals surface area contributed by atoms with E-state index in [1.54, 1.807) is 37.4 Å². The summed E-state index contributed by atoms with van der Waals surface area (Å²) in [5.41, 5.74) is 3.21. The quantitative estimate of drug-likeness (QED) is 0.489. The predicted octanol–water partition coefficient (Wildman–Crippen LogP) is 3.72. The molecule has 1 N–H and O–H groups in total. The highest BCUT2D eigenvalue weighted by atomic mass is 32.1. The first-order valence-corrected chi connectivity index (χ1v) is 9.95. The molecule has 8 nitrogen and oxygen atoms in total. The second-order valence-corrected chi connectivity index (χ2v) is 7.21. The van der Waals surface area contributed by atoms with Crippen LogP contribution in [0.3, 0.4) is 0 Å². The van der Waals surface area contributed by atoms with Crippen molar-refractivity contribution >= 4 is 22.4 Å². The molecule has 2 heterocycles. The molecule has 0 saturated carbocycles. The third-order valence-electron chi connectivity index (χ3n) is 4.43. The normalized spacial score (nSPS) is 10.6. The fourth-order valence-corrected chi connectivity index (χ4v) is 3.61. The van der Waals surface area contributed by atoms with Crippen LogP contribution in [0.2, 0.25) is 0 Å². The molecular weight excluding hydrogens is 402 g/mol. The lowest BCUT2D eigenvalue weighted by Gasteiger charge is -2.08. The Labute approximate surface area is 177 Å². The third kappa shape index (κ3) is 4.31. The first kappa shape index (κ1) is 19.6. The van der Waals surface area contributed by atoms with Gasteiger partial charge in [0.2, 0.25) is 0 Å². The number of hydrogen-bond acceptors (Lipinski definition) is 7. The van der Waals surface area contributed by atoms with Gasteiger partial charge in [0.1, 0.15) is 12.7 Å². The monoisotopic (exact) mass is 421 g/mol. The molecule has 0 atom stereocenters. The minimum atomic E-state index is -0.212. The maximum absolute atomic E-state index is 12.6. The molecule has 9 heteroatoms. The zero-order valence-corrected chi connectivity index (χ0v) is 17.2. The van der Waals surface area contributed by atoms with Gasteiger partial charge in [0.15, 0.2) is 16.6 Å². The lowest BCUT2D eigenvalue weighted by Crippen LogP contribution is -2.11. The Hall–Kier alpha value is -3.72. The molecule has 4 rings (SSSR count). The topological polar surface area (TPSA) is 91.2 Å². The van der Waals surface area contributed by atoms with E-state index in [0.29, 0.717) is 28.7 Å².